The Morgan fingerprint density at radius 2 is 2.50 bits per heavy atom. The molecule has 0 aromatic rings. The highest BCUT2D eigenvalue weighted by atomic mass is 16.5. The summed E-state index contributed by atoms with van der Waals surface area (Å²) in [5.74, 6) is 0. The molecule has 0 unspecified atom stereocenters. The second kappa shape index (κ2) is 2.98. The highest BCUT2D eigenvalue weighted by Gasteiger charge is 2.43. The van der Waals surface area contributed by atoms with Gasteiger partial charge in [-0.05, 0) is 19.9 Å². The normalized spacial score (nSPS) is 42.0. The Morgan fingerprint density at radius 3 is 3.25 bits per heavy atom. The zero-order valence-corrected chi connectivity index (χ0v) is 7.97. The number of hydrogen-bond donors (Lipinski definition) is 1. The standard InChI is InChI=1S/C9H18N2O/c1-11-5-8-3-4-9(6-11,10-8)7-12-2/h8,10H,3-7H2,1-2H3/t8-,9+/m0/s1. The molecule has 0 amide bonds. The Bertz CT molecular complexity index is 170. The van der Waals surface area contributed by atoms with Gasteiger partial charge in [-0.25, -0.2) is 0 Å². The number of rotatable bonds is 2. The summed E-state index contributed by atoms with van der Waals surface area (Å²) < 4.78 is 5.26. The van der Waals surface area contributed by atoms with E-state index in [2.05, 4.69) is 17.3 Å². The van der Waals surface area contributed by atoms with Crippen LogP contribution in [0.1, 0.15) is 12.8 Å². The molecule has 2 saturated heterocycles. The maximum absolute atomic E-state index is 5.26. The monoisotopic (exact) mass is 170 g/mol. The molecule has 70 valence electrons. The second-order valence-corrected chi connectivity index (χ2v) is 4.29. The summed E-state index contributed by atoms with van der Waals surface area (Å²) in [4.78, 5) is 2.41. The molecular formula is C9H18N2O. The van der Waals surface area contributed by atoms with Crippen molar-refractivity contribution in [1.29, 1.82) is 0 Å². The Labute approximate surface area is 74.1 Å². The molecule has 2 fully saturated rings. The van der Waals surface area contributed by atoms with Gasteiger partial charge in [-0.3, -0.25) is 0 Å². The Kier molecular flexibility index (Phi) is 2.10. The lowest BCUT2D eigenvalue weighted by Crippen LogP contribution is -2.60. The van der Waals surface area contributed by atoms with E-state index in [1.54, 1.807) is 7.11 Å². The van der Waals surface area contributed by atoms with Crippen LogP contribution in [0.15, 0.2) is 0 Å². The molecule has 0 saturated carbocycles. The SMILES string of the molecule is COC[C@@]12CC[C@@H](CN(C)C1)N2. The summed E-state index contributed by atoms with van der Waals surface area (Å²) in [5.41, 5.74) is 0.270. The molecule has 0 spiro atoms. The Hall–Kier alpha value is -0.120. The van der Waals surface area contributed by atoms with Crippen molar-refractivity contribution >= 4 is 0 Å². The van der Waals surface area contributed by atoms with Crippen molar-refractivity contribution < 1.29 is 4.74 Å². The van der Waals surface area contributed by atoms with Crippen LogP contribution in [0, 0.1) is 0 Å². The molecule has 1 N–H and O–H groups in total. The van der Waals surface area contributed by atoms with Crippen LogP contribution in [-0.2, 0) is 4.74 Å². The third-order valence-electron chi connectivity index (χ3n) is 3.01. The minimum atomic E-state index is 0.270. The predicted octanol–water partition coefficient (Wildman–Crippen LogP) is 0.0690. The number of ether oxygens (including phenoxy) is 1. The van der Waals surface area contributed by atoms with Gasteiger partial charge in [-0.15, -0.1) is 0 Å². The molecule has 3 heteroatoms. The number of hydrogen-bond acceptors (Lipinski definition) is 3. The average molecular weight is 170 g/mol. The lowest BCUT2D eigenvalue weighted by molar-refractivity contribution is 0.0715. The van der Waals surface area contributed by atoms with E-state index in [1.165, 1.54) is 19.4 Å². The first-order chi connectivity index (χ1) is 5.74. The van der Waals surface area contributed by atoms with Crippen LogP contribution in [-0.4, -0.2) is 50.3 Å². The number of likely N-dealkylation sites (tertiary alicyclic amines) is 1. The molecule has 2 aliphatic heterocycles. The van der Waals surface area contributed by atoms with Crippen LogP contribution in [0.2, 0.25) is 0 Å². The van der Waals surface area contributed by atoms with E-state index < -0.39 is 0 Å². The second-order valence-electron chi connectivity index (χ2n) is 4.29. The van der Waals surface area contributed by atoms with Crippen molar-refractivity contribution in [3.05, 3.63) is 0 Å². The van der Waals surface area contributed by atoms with Gasteiger partial charge < -0.3 is 15.0 Å². The molecule has 2 atom stereocenters. The van der Waals surface area contributed by atoms with E-state index in [4.69, 9.17) is 4.74 Å². The molecule has 12 heavy (non-hydrogen) atoms. The molecule has 2 aliphatic rings. The zero-order chi connectivity index (χ0) is 8.60. The van der Waals surface area contributed by atoms with Gasteiger partial charge in [0.25, 0.3) is 0 Å². The van der Waals surface area contributed by atoms with E-state index in [1.807, 2.05) is 0 Å². The molecule has 0 aliphatic carbocycles. The largest absolute Gasteiger partial charge is 0.383 e. The van der Waals surface area contributed by atoms with E-state index in [-0.39, 0.29) is 5.54 Å². The van der Waals surface area contributed by atoms with Gasteiger partial charge in [0.15, 0.2) is 0 Å². The Morgan fingerprint density at radius 1 is 1.67 bits per heavy atom. The minimum Gasteiger partial charge on any atom is -0.383 e. The van der Waals surface area contributed by atoms with E-state index in [9.17, 15) is 0 Å². The van der Waals surface area contributed by atoms with Gasteiger partial charge in [0.05, 0.1) is 12.1 Å². The van der Waals surface area contributed by atoms with Crippen molar-refractivity contribution in [1.82, 2.24) is 10.2 Å². The van der Waals surface area contributed by atoms with Crippen molar-refractivity contribution in [2.75, 3.05) is 33.9 Å². The van der Waals surface area contributed by atoms with Gasteiger partial charge in [-0.2, -0.15) is 0 Å². The summed E-state index contributed by atoms with van der Waals surface area (Å²) in [5, 5.41) is 3.67. The third kappa shape index (κ3) is 1.37. The number of piperazine rings is 1. The van der Waals surface area contributed by atoms with Gasteiger partial charge in [0.1, 0.15) is 0 Å². The van der Waals surface area contributed by atoms with Gasteiger partial charge in [-0.1, -0.05) is 0 Å². The van der Waals surface area contributed by atoms with Crippen LogP contribution in [0.25, 0.3) is 0 Å². The fourth-order valence-electron chi connectivity index (χ4n) is 2.68. The zero-order valence-electron chi connectivity index (χ0n) is 7.97. The summed E-state index contributed by atoms with van der Waals surface area (Å²) in [6, 6.07) is 0.707. The van der Waals surface area contributed by atoms with Crippen molar-refractivity contribution in [2.45, 2.75) is 24.4 Å². The predicted molar refractivity (Wildman–Crippen MR) is 48.3 cm³/mol. The van der Waals surface area contributed by atoms with E-state index in [0.717, 1.165) is 13.2 Å². The topological polar surface area (TPSA) is 24.5 Å². The van der Waals surface area contributed by atoms with Crippen LogP contribution in [0.3, 0.4) is 0 Å². The molecule has 3 nitrogen and oxygen atoms in total. The molecule has 2 bridgehead atoms. The Balaban J connectivity index is 2.05. The highest BCUT2D eigenvalue weighted by Crippen LogP contribution is 2.29. The van der Waals surface area contributed by atoms with E-state index >= 15 is 0 Å². The number of nitrogens with one attached hydrogen (secondary N) is 1. The van der Waals surface area contributed by atoms with Crippen molar-refractivity contribution in [2.24, 2.45) is 0 Å². The van der Waals surface area contributed by atoms with Gasteiger partial charge in [0.2, 0.25) is 0 Å². The summed E-state index contributed by atoms with van der Waals surface area (Å²) in [6.07, 6.45) is 2.59. The first-order valence-corrected chi connectivity index (χ1v) is 4.69. The molecule has 0 radical (unpaired) electrons. The molecule has 0 aromatic carbocycles. The first-order valence-electron chi connectivity index (χ1n) is 4.69. The molecule has 2 rings (SSSR count). The first kappa shape index (κ1) is 8.48. The summed E-state index contributed by atoms with van der Waals surface area (Å²) in [6.45, 7) is 3.19. The quantitative estimate of drug-likeness (QED) is 0.634. The minimum absolute atomic E-state index is 0.270. The number of likely N-dealkylation sites (N-methyl/N-ethyl adjacent to an activating group) is 1. The van der Waals surface area contributed by atoms with Crippen molar-refractivity contribution in [3.63, 3.8) is 0 Å². The summed E-state index contributed by atoms with van der Waals surface area (Å²) >= 11 is 0. The van der Waals surface area contributed by atoms with Crippen LogP contribution >= 0.6 is 0 Å². The fraction of sp³-hybridized carbons (Fsp3) is 1.00. The van der Waals surface area contributed by atoms with Gasteiger partial charge >= 0.3 is 0 Å². The average Bonchev–Trinajstić information content (AvgIpc) is 2.27. The van der Waals surface area contributed by atoms with Gasteiger partial charge in [0, 0.05) is 26.2 Å². The lowest BCUT2D eigenvalue weighted by Gasteiger charge is -2.39. The maximum Gasteiger partial charge on any atom is 0.0657 e. The third-order valence-corrected chi connectivity index (χ3v) is 3.01. The van der Waals surface area contributed by atoms with Crippen LogP contribution < -0.4 is 5.32 Å². The van der Waals surface area contributed by atoms with Crippen LogP contribution in [0.4, 0.5) is 0 Å². The maximum atomic E-state index is 5.26. The number of methoxy groups -OCH3 is 1. The lowest BCUT2D eigenvalue weighted by atomic mass is 9.98. The number of fused-ring (bicyclic) bond motifs is 2. The molecular weight excluding hydrogens is 152 g/mol. The molecule has 2 heterocycles. The smallest absolute Gasteiger partial charge is 0.0657 e. The van der Waals surface area contributed by atoms with Crippen LogP contribution in [0.5, 0.6) is 0 Å². The summed E-state index contributed by atoms with van der Waals surface area (Å²) in [7, 11) is 3.99. The van der Waals surface area contributed by atoms with Crippen molar-refractivity contribution in [3.8, 4) is 0 Å². The van der Waals surface area contributed by atoms with E-state index in [0.29, 0.717) is 6.04 Å². The fourth-order valence-corrected chi connectivity index (χ4v) is 2.68. The molecule has 0 aromatic heterocycles. The number of nitrogens with zero attached hydrogens (tertiary/aromatic N) is 1. The highest BCUT2D eigenvalue weighted by molar-refractivity contribution is 5.04.